The number of nitrogens with one attached hydrogen (secondary N) is 2. The van der Waals surface area contributed by atoms with Gasteiger partial charge in [0.15, 0.2) is 0 Å². The Bertz CT molecular complexity index is 1200. The van der Waals surface area contributed by atoms with Crippen LogP contribution in [-0.2, 0) is 25.7 Å². The van der Waals surface area contributed by atoms with Crippen LogP contribution in [0.1, 0.15) is 39.2 Å². The number of likely N-dealkylation sites (tertiary alicyclic amines) is 1. The molecule has 1 spiro atoms. The predicted octanol–water partition coefficient (Wildman–Crippen LogP) is 2.54. The van der Waals surface area contributed by atoms with E-state index >= 15 is 0 Å². The third kappa shape index (κ3) is 4.67. The number of anilines is 2. The van der Waals surface area contributed by atoms with E-state index in [0.29, 0.717) is 25.1 Å². The lowest BCUT2D eigenvalue weighted by Gasteiger charge is -2.35. The van der Waals surface area contributed by atoms with Crippen LogP contribution in [0.5, 0.6) is 0 Å². The number of nitrogens with zero attached hydrogens (tertiary/aromatic N) is 2. The van der Waals surface area contributed by atoms with E-state index < -0.39 is 35.6 Å². The van der Waals surface area contributed by atoms with Crippen LogP contribution in [0.15, 0.2) is 54.6 Å². The second kappa shape index (κ2) is 11.0. The Morgan fingerprint density at radius 1 is 1.10 bits per heavy atom. The molecule has 3 aliphatic heterocycles. The van der Waals surface area contributed by atoms with Gasteiger partial charge in [0.05, 0.1) is 30.6 Å². The molecule has 39 heavy (non-hydrogen) atoms. The second-order valence-electron chi connectivity index (χ2n) is 10.7. The largest absolute Gasteiger partial charge is 0.394 e. The molecular weight excluding hydrogens is 496 g/mol. The lowest BCUT2D eigenvalue weighted by Crippen LogP contribution is -2.55. The molecule has 208 valence electrons. The lowest BCUT2D eigenvalue weighted by atomic mass is 9.70. The molecule has 0 saturated carbocycles. The molecule has 3 fully saturated rings. The summed E-state index contributed by atoms with van der Waals surface area (Å²) in [7, 11) is 0. The summed E-state index contributed by atoms with van der Waals surface area (Å²) in [6, 6.07) is 15.7. The summed E-state index contributed by atoms with van der Waals surface area (Å²) in [4.78, 5) is 44.8. The quantitative estimate of drug-likeness (QED) is 0.432. The van der Waals surface area contributed by atoms with Crippen molar-refractivity contribution in [1.29, 1.82) is 0 Å². The minimum Gasteiger partial charge on any atom is -0.394 e. The van der Waals surface area contributed by atoms with Crippen LogP contribution in [0.2, 0.25) is 0 Å². The molecule has 3 aliphatic rings. The number of ether oxygens (including phenoxy) is 1. The molecule has 3 N–H and O–H groups in total. The number of hydrogen-bond acceptors (Lipinski definition) is 6. The van der Waals surface area contributed by atoms with Gasteiger partial charge in [0.25, 0.3) is 0 Å². The van der Waals surface area contributed by atoms with Crippen LogP contribution in [-0.4, -0.2) is 71.2 Å². The number of amides is 3. The number of rotatable bonds is 10. The van der Waals surface area contributed by atoms with E-state index in [9.17, 15) is 19.5 Å². The van der Waals surface area contributed by atoms with E-state index in [1.54, 1.807) is 6.92 Å². The molecule has 9 heteroatoms. The van der Waals surface area contributed by atoms with Crippen LogP contribution >= 0.6 is 0 Å². The van der Waals surface area contributed by atoms with Crippen LogP contribution < -0.4 is 15.5 Å². The van der Waals surface area contributed by atoms with Crippen LogP contribution in [0.4, 0.5) is 11.4 Å². The molecule has 2 aromatic carbocycles. The zero-order valence-corrected chi connectivity index (χ0v) is 22.8. The van der Waals surface area contributed by atoms with Crippen molar-refractivity contribution in [1.82, 2.24) is 10.2 Å². The minimum absolute atomic E-state index is 0.242. The molecule has 3 saturated heterocycles. The van der Waals surface area contributed by atoms with E-state index in [1.165, 1.54) is 4.90 Å². The molecule has 6 atom stereocenters. The first-order chi connectivity index (χ1) is 18.8. The number of carbonyl (C=O) groups excluding carboxylic acids is 3. The predicted molar refractivity (Wildman–Crippen MR) is 148 cm³/mol. The average molecular weight is 535 g/mol. The normalized spacial score (nSPS) is 27.8. The van der Waals surface area contributed by atoms with E-state index in [1.807, 2.05) is 54.6 Å². The van der Waals surface area contributed by atoms with Gasteiger partial charge in [-0.3, -0.25) is 14.4 Å². The maximum atomic E-state index is 13.9. The molecule has 3 heterocycles. The summed E-state index contributed by atoms with van der Waals surface area (Å²) >= 11 is 0. The van der Waals surface area contributed by atoms with Gasteiger partial charge in [-0.2, -0.15) is 0 Å². The van der Waals surface area contributed by atoms with Gasteiger partial charge < -0.3 is 30.3 Å². The van der Waals surface area contributed by atoms with E-state index in [2.05, 4.69) is 29.4 Å². The summed E-state index contributed by atoms with van der Waals surface area (Å²) in [5.41, 5.74) is 1.53. The Morgan fingerprint density at radius 3 is 2.44 bits per heavy atom. The summed E-state index contributed by atoms with van der Waals surface area (Å²) in [6.07, 6.45) is 0.672. The molecule has 3 amide bonds. The van der Waals surface area contributed by atoms with Gasteiger partial charge in [0.1, 0.15) is 11.6 Å². The zero-order chi connectivity index (χ0) is 27.7. The van der Waals surface area contributed by atoms with Gasteiger partial charge in [-0.15, -0.1) is 0 Å². The summed E-state index contributed by atoms with van der Waals surface area (Å²) in [5.74, 6) is -2.38. The second-order valence-corrected chi connectivity index (χ2v) is 10.7. The minimum atomic E-state index is -1.11. The molecule has 5 rings (SSSR count). The first kappa shape index (κ1) is 27.1. The van der Waals surface area contributed by atoms with Crippen molar-refractivity contribution in [3.05, 3.63) is 60.2 Å². The topological polar surface area (TPSA) is 111 Å². The first-order valence-corrected chi connectivity index (χ1v) is 13.9. The third-order valence-electron chi connectivity index (χ3n) is 8.60. The van der Waals surface area contributed by atoms with E-state index in [-0.39, 0.29) is 24.3 Å². The SMILES string of the molecule is CCN(CC)c1ccc(NC(=O)C2N([C@H](C)CO)C(=O)[C@@H]3[C@@H](C(=O)NCc4ccccc4)[C@H]4CCC23O4)cc1. The van der Waals surface area contributed by atoms with E-state index in [4.69, 9.17) is 4.74 Å². The Balaban J connectivity index is 1.39. The highest BCUT2D eigenvalue weighted by atomic mass is 16.5. The molecule has 9 nitrogen and oxygen atoms in total. The third-order valence-corrected chi connectivity index (χ3v) is 8.60. The summed E-state index contributed by atoms with van der Waals surface area (Å²) < 4.78 is 6.44. The van der Waals surface area contributed by atoms with Gasteiger partial charge >= 0.3 is 0 Å². The first-order valence-electron chi connectivity index (χ1n) is 13.9. The standard InChI is InChI=1S/C30H38N4O5/c1-4-33(5-2)22-13-11-21(12-14-22)32-28(37)26-30-16-15-23(39-30)24(25(30)29(38)34(26)19(3)18-35)27(36)31-17-20-9-7-6-8-10-20/h6-14,19,23-26,35H,4-5,15-18H2,1-3H3,(H,31,36)(H,32,37)/t19-,23-,24+,25+,26?,30?/m1/s1. The van der Waals surface area contributed by atoms with Crippen molar-refractivity contribution < 1.29 is 24.2 Å². The monoisotopic (exact) mass is 534 g/mol. The molecular formula is C30H38N4O5. The number of fused-ring (bicyclic) bond motifs is 1. The zero-order valence-electron chi connectivity index (χ0n) is 22.8. The maximum Gasteiger partial charge on any atom is 0.250 e. The number of aliphatic hydroxyl groups excluding tert-OH is 1. The number of hydrogen-bond donors (Lipinski definition) is 3. The fraction of sp³-hybridized carbons (Fsp3) is 0.500. The van der Waals surface area contributed by atoms with Crippen molar-refractivity contribution in [2.75, 3.05) is 29.9 Å². The average Bonchev–Trinajstić information content (AvgIpc) is 3.60. The Hall–Kier alpha value is -3.43. The fourth-order valence-corrected chi connectivity index (χ4v) is 6.71. The number of aliphatic hydroxyl groups is 1. The van der Waals surface area contributed by atoms with Crippen LogP contribution in [0.25, 0.3) is 0 Å². The maximum absolute atomic E-state index is 13.9. The van der Waals surface area contributed by atoms with Gasteiger partial charge in [0.2, 0.25) is 17.7 Å². The highest BCUT2D eigenvalue weighted by Gasteiger charge is 2.74. The van der Waals surface area contributed by atoms with Crippen LogP contribution in [0, 0.1) is 11.8 Å². The van der Waals surface area contributed by atoms with Gasteiger partial charge in [-0.25, -0.2) is 0 Å². The fourth-order valence-electron chi connectivity index (χ4n) is 6.71. The van der Waals surface area contributed by atoms with Crippen molar-refractivity contribution in [3.8, 4) is 0 Å². The number of benzene rings is 2. The number of carbonyl (C=O) groups is 3. The van der Waals surface area contributed by atoms with Crippen molar-refractivity contribution in [2.45, 2.75) is 63.9 Å². The van der Waals surface area contributed by atoms with Crippen molar-refractivity contribution >= 4 is 29.1 Å². The highest BCUT2D eigenvalue weighted by Crippen LogP contribution is 2.58. The van der Waals surface area contributed by atoms with Crippen molar-refractivity contribution in [2.24, 2.45) is 11.8 Å². The van der Waals surface area contributed by atoms with E-state index in [0.717, 1.165) is 24.3 Å². The van der Waals surface area contributed by atoms with Gasteiger partial charge in [0, 0.05) is 31.0 Å². The molecule has 2 bridgehead atoms. The summed E-state index contributed by atoms with van der Waals surface area (Å²) in [6.45, 7) is 7.70. The van der Waals surface area contributed by atoms with Gasteiger partial charge in [-0.1, -0.05) is 30.3 Å². The molecule has 0 aliphatic carbocycles. The molecule has 0 radical (unpaired) electrons. The van der Waals surface area contributed by atoms with Gasteiger partial charge in [-0.05, 0) is 63.4 Å². The molecule has 2 unspecified atom stereocenters. The lowest BCUT2D eigenvalue weighted by molar-refractivity contribution is -0.143. The smallest absolute Gasteiger partial charge is 0.250 e. The molecule has 0 aromatic heterocycles. The Morgan fingerprint density at radius 2 is 1.79 bits per heavy atom. The van der Waals surface area contributed by atoms with Crippen molar-refractivity contribution in [3.63, 3.8) is 0 Å². The summed E-state index contributed by atoms with van der Waals surface area (Å²) in [5, 5.41) is 16.0. The highest BCUT2D eigenvalue weighted by molar-refractivity contribution is 6.03. The molecule has 2 aromatic rings. The Kier molecular flexibility index (Phi) is 7.64. The van der Waals surface area contributed by atoms with Crippen LogP contribution in [0.3, 0.4) is 0 Å². The Labute approximate surface area is 229 Å².